The average Bonchev–Trinajstić information content (AvgIpc) is 1.33. The van der Waals surface area contributed by atoms with Crippen molar-refractivity contribution in [2.24, 2.45) is 0 Å². The third-order valence-corrected chi connectivity index (χ3v) is 0. The average molecular weight is 156 g/mol. The minimum absolute atomic E-state index is 0.222. The molecule has 0 amide bonds. The van der Waals surface area contributed by atoms with Crippen LogP contribution in [0.2, 0.25) is 0 Å². The lowest BCUT2D eigenvalue weighted by Crippen LogP contribution is -1.64. The first-order chi connectivity index (χ1) is 3.15. The summed E-state index contributed by atoms with van der Waals surface area (Å²) in [6.07, 6.45) is 4.08. The summed E-state index contributed by atoms with van der Waals surface area (Å²) in [5, 5.41) is 0. The molecule has 0 rings (SSSR count). The minimum atomic E-state index is 0.222. The van der Waals surface area contributed by atoms with Gasteiger partial charge in [0.25, 0.3) is 0 Å². The van der Waals surface area contributed by atoms with Crippen LogP contribution in [0.1, 0.15) is 6.92 Å². The highest BCUT2D eigenvalue weighted by atomic mass is 32.2. The number of thiol groups is 2. The fraction of sp³-hybridized carbons (Fsp3) is 1.00. The summed E-state index contributed by atoms with van der Waals surface area (Å²) in [5.74, 6) is 0. The van der Waals surface area contributed by atoms with Crippen LogP contribution in [0.5, 0.6) is 0 Å². The van der Waals surface area contributed by atoms with Crippen LogP contribution in [-0.4, -0.2) is 17.1 Å². The Hall–Kier alpha value is 1.05. The molecule has 0 saturated heterocycles. The fourth-order valence-corrected chi connectivity index (χ4v) is 0. The Labute approximate surface area is 61.3 Å². The molecule has 3 heteroatoms. The SMILES string of the molecule is CC(S)S.CSC. The molecule has 0 heterocycles. The van der Waals surface area contributed by atoms with Gasteiger partial charge in [-0.25, -0.2) is 0 Å². The molecule has 0 nitrogen and oxygen atoms in total. The smallest absolute Gasteiger partial charge is 0.0414 e. The van der Waals surface area contributed by atoms with Gasteiger partial charge in [0.05, 0.1) is 0 Å². The Bertz CT molecular complexity index is 18.1. The zero-order chi connectivity index (χ0) is 6.28. The molecule has 0 spiro atoms. The van der Waals surface area contributed by atoms with Gasteiger partial charge in [-0.2, -0.15) is 37.0 Å². The van der Waals surface area contributed by atoms with E-state index in [9.17, 15) is 0 Å². The Morgan fingerprint density at radius 1 is 1.29 bits per heavy atom. The van der Waals surface area contributed by atoms with Gasteiger partial charge in [0, 0.05) is 4.58 Å². The summed E-state index contributed by atoms with van der Waals surface area (Å²) in [6.45, 7) is 1.90. The Kier molecular flexibility index (Phi) is 15.8. The Morgan fingerprint density at radius 2 is 1.29 bits per heavy atom. The van der Waals surface area contributed by atoms with Crippen molar-refractivity contribution in [3.63, 3.8) is 0 Å². The molecule has 7 heavy (non-hydrogen) atoms. The van der Waals surface area contributed by atoms with Crippen molar-refractivity contribution in [2.75, 3.05) is 12.5 Å². The van der Waals surface area contributed by atoms with Crippen molar-refractivity contribution >= 4 is 37.0 Å². The largest absolute Gasteiger partial charge is 0.169 e. The van der Waals surface area contributed by atoms with Gasteiger partial charge < -0.3 is 0 Å². The maximum Gasteiger partial charge on any atom is 0.0414 e. The highest BCUT2D eigenvalue weighted by molar-refractivity contribution is 7.99. The molecule has 0 fully saturated rings. The molecule has 0 aliphatic rings. The van der Waals surface area contributed by atoms with Crippen LogP contribution in [0.3, 0.4) is 0 Å². The summed E-state index contributed by atoms with van der Waals surface area (Å²) in [4.78, 5) is 0. The molecular formula is C4H12S3. The van der Waals surface area contributed by atoms with Gasteiger partial charge in [-0.15, -0.1) is 0 Å². The quantitative estimate of drug-likeness (QED) is 0.400. The molecule has 0 unspecified atom stereocenters. The fourth-order valence-electron chi connectivity index (χ4n) is 0. The van der Waals surface area contributed by atoms with E-state index in [2.05, 4.69) is 25.3 Å². The molecule has 0 bridgehead atoms. The van der Waals surface area contributed by atoms with E-state index in [1.165, 1.54) is 0 Å². The summed E-state index contributed by atoms with van der Waals surface area (Å²) >= 11 is 9.41. The van der Waals surface area contributed by atoms with Gasteiger partial charge in [0.1, 0.15) is 0 Å². The van der Waals surface area contributed by atoms with Crippen molar-refractivity contribution < 1.29 is 0 Å². The minimum Gasteiger partial charge on any atom is -0.169 e. The van der Waals surface area contributed by atoms with Crippen LogP contribution in [0.25, 0.3) is 0 Å². The summed E-state index contributed by atoms with van der Waals surface area (Å²) in [7, 11) is 0. The molecule has 0 saturated carbocycles. The van der Waals surface area contributed by atoms with E-state index in [4.69, 9.17) is 0 Å². The predicted molar refractivity (Wildman–Crippen MR) is 46.9 cm³/mol. The number of hydrogen-bond donors (Lipinski definition) is 2. The highest BCUT2D eigenvalue weighted by Crippen LogP contribution is 1.93. The van der Waals surface area contributed by atoms with Crippen LogP contribution in [0, 0.1) is 0 Å². The molecular weight excluding hydrogens is 144 g/mol. The lowest BCUT2D eigenvalue weighted by atomic mass is 11.0. The molecule has 0 radical (unpaired) electrons. The van der Waals surface area contributed by atoms with Gasteiger partial charge in [-0.3, -0.25) is 0 Å². The summed E-state index contributed by atoms with van der Waals surface area (Å²) in [6, 6.07) is 0. The second kappa shape index (κ2) is 10.1. The van der Waals surface area contributed by atoms with E-state index in [-0.39, 0.29) is 4.58 Å². The van der Waals surface area contributed by atoms with E-state index in [0.717, 1.165) is 0 Å². The van der Waals surface area contributed by atoms with Gasteiger partial charge in [0.2, 0.25) is 0 Å². The van der Waals surface area contributed by atoms with Gasteiger partial charge in [-0.05, 0) is 19.4 Å². The van der Waals surface area contributed by atoms with Crippen LogP contribution in [-0.2, 0) is 0 Å². The Morgan fingerprint density at radius 3 is 1.29 bits per heavy atom. The zero-order valence-corrected chi connectivity index (χ0v) is 7.49. The van der Waals surface area contributed by atoms with E-state index in [0.29, 0.717) is 0 Å². The third-order valence-electron chi connectivity index (χ3n) is 0. The normalized spacial score (nSPS) is 7.71. The first-order valence-electron chi connectivity index (χ1n) is 1.91. The molecule has 0 atom stereocenters. The first kappa shape index (κ1) is 10.9. The summed E-state index contributed by atoms with van der Waals surface area (Å²) < 4.78 is 0.222. The Balaban J connectivity index is 0. The van der Waals surface area contributed by atoms with Crippen molar-refractivity contribution in [2.45, 2.75) is 11.5 Å². The maximum atomic E-state index is 3.83. The molecule has 0 aromatic rings. The lowest BCUT2D eigenvalue weighted by molar-refractivity contribution is 1.45. The first-order valence-corrected chi connectivity index (χ1v) is 4.58. The number of rotatable bonds is 0. The third kappa shape index (κ3) is 163. The van der Waals surface area contributed by atoms with E-state index < -0.39 is 0 Å². The molecule has 0 aromatic heterocycles. The molecule has 0 aliphatic carbocycles. The zero-order valence-electron chi connectivity index (χ0n) is 4.88. The van der Waals surface area contributed by atoms with Gasteiger partial charge in [-0.1, -0.05) is 0 Å². The van der Waals surface area contributed by atoms with Crippen LogP contribution in [0.4, 0.5) is 0 Å². The van der Waals surface area contributed by atoms with Crippen molar-refractivity contribution in [1.82, 2.24) is 0 Å². The van der Waals surface area contributed by atoms with Crippen molar-refractivity contribution in [3.8, 4) is 0 Å². The predicted octanol–water partition coefficient (Wildman–Crippen LogP) is 2.17. The lowest BCUT2D eigenvalue weighted by Gasteiger charge is -1.78. The van der Waals surface area contributed by atoms with Gasteiger partial charge in [0.15, 0.2) is 0 Å². The topological polar surface area (TPSA) is 0 Å². The second-order valence-corrected chi connectivity index (χ2v) is 3.81. The van der Waals surface area contributed by atoms with Crippen molar-refractivity contribution in [1.29, 1.82) is 0 Å². The molecule has 0 aliphatic heterocycles. The monoisotopic (exact) mass is 156 g/mol. The van der Waals surface area contributed by atoms with E-state index >= 15 is 0 Å². The molecule has 46 valence electrons. The van der Waals surface area contributed by atoms with E-state index in [1.54, 1.807) is 11.8 Å². The number of thioether (sulfide) groups is 1. The van der Waals surface area contributed by atoms with E-state index in [1.807, 2.05) is 19.4 Å². The maximum absolute atomic E-state index is 3.83. The van der Waals surface area contributed by atoms with Crippen LogP contribution in [0.15, 0.2) is 0 Å². The van der Waals surface area contributed by atoms with Crippen LogP contribution < -0.4 is 0 Å². The summed E-state index contributed by atoms with van der Waals surface area (Å²) in [5.41, 5.74) is 0. The molecule has 0 N–H and O–H groups in total. The number of hydrogen-bond acceptors (Lipinski definition) is 3. The highest BCUT2D eigenvalue weighted by Gasteiger charge is 1.69. The van der Waals surface area contributed by atoms with Crippen molar-refractivity contribution in [3.05, 3.63) is 0 Å². The molecule has 0 aromatic carbocycles. The van der Waals surface area contributed by atoms with Crippen LogP contribution >= 0.6 is 37.0 Å². The van der Waals surface area contributed by atoms with Gasteiger partial charge >= 0.3 is 0 Å². The standard InChI is InChI=1S/C2H6S2.C2H6S/c1-2(3)4;1-3-2/h2-4H,1H3;1-2H3. The second-order valence-electron chi connectivity index (χ2n) is 1.04.